The lowest BCUT2D eigenvalue weighted by Crippen LogP contribution is -2.47. The molecule has 1 heterocycles. The monoisotopic (exact) mass is 262 g/mol. The highest BCUT2D eigenvalue weighted by Crippen LogP contribution is 2.31. The van der Waals surface area contributed by atoms with Gasteiger partial charge in [-0.25, -0.2) is 9.59 Å². The fourth-order valence-electron chi connectivity index (χ4n) is 1.93. The molecule has 0 unspecified atom stereocenters. The van der Waals surface area contributed by atoms with E-state index in [2.05, 4.69) is 0 Å². The summed E-state index contributed by atoms with van der Waals surface area (Å²) in [6, 6.07) is 8.28. The van der Waals surface area contributed by atoms with Crippen LogP contribution in [0.1, 0.15) is 12.5 Å². The molecule has 0 spiro atoms. The first-order valence-electron chi connectivity index (χ1n) is 5.93. The molecule has 1 aliphatic heterocycles. The molecule has 0 bridgehead atoms. The average molecular weight is 262 g/mol. The number of cyclic esters (lactones) is 1. The molecule has 1 N–H and O–H groups in total. The van der Waals surface area contributed by atoms with Gasteiger partial charge in [-0.15, -0.1) is 0 Å². The standard InChI is InChI=1S/C14H14O5/c1-2-18-13(16)14(17,10-6-4-3-5-7-10)11-8-9-12(15)19-11/h3-9,11,17H,2H2,1H3/t11-,14+/m1/s1. The largest absolute Gasteiger partial charge is 0.463 e. The van der Waals surface area contributed by atoms with Crippen molar-refractivity contribution < 1.29 is 24.2 Å². The summed E-state index contributed by atoms with van der Waals surface area (Å²) in [7, 11) is 0. The molecule has 0 saturated heterocycles. The molecule has 0 fully saturated rings. The number of ether oxygens (including phenoxy) is 2. The Morgan fingerprint density at radius 1 is 1.42 bits per heavy atom. The van der Waals surface area contributed by atoms with Crippen LogP contribution in [0.25, 0.3) is 0 Å². The first-order chi connectivity index (χ1) is 9.09. The van der Waals surface area contributed by atoms with E-state index in [9.17, 15) is 14.7 Å². The highest BCUT2D eigenvalue weighted by Gasteiger charge is 2.49. The van der Waals surface area contributed by atoms with E-state index in [1.807, 2.05) is 0 Å². The third-order valence-corrected chi connectivity index (χ3v) is 2.86. The summed E-state index contributed by atoms with van der Waals surface area (Å²) in [6.07, 6.45) is 1.45. The van der Waals surface area contributed by atoms with Crippen molar-refractivity contribution in [3.63, 3.8) is 0 Å². The number of esters is 2. The van der Waals surface area contributed by atoms with Gasteiger partial charge in [0.25, 0.3) is 0 Å². The zero-order chi connectivity index (χ0) is 13.9. The van der Waals surface area contributed by atoms with Gasteiger partial charge >= 0.3 is 11.9 Å². The maximum atomic E-state index is 12.1. The lowest BCUT2D eigenvalue weighted by Gasteiger charge is -2.30. The molecule has 1 aliphatic rings. The van der Waals surface area contributed by atoms with Gasteiger partial charge in [-0.3, -0.25) is 0 Å². The van der Waals surface area contributed by atoms with Crippen molar-refractivity contribution in [2.45, 2.75) is 18.6 Å². The Kier molecular flexibility index (Phi) is 3.66. The Balaban J connectivity index is 2.41. The van der Waals surface area contributed by atoms with Crippen molar-refractivity contribution >= 4 is 11.9 Å². The van der Waals surface area contributed by atoms with Crippen molar-refractivity contribution in [3.8, 4) is 0 Å². The van der Waals surface area contributed by atoms with E-state index < -0.39 is 23.6 Å². The van der Waals surface area contributed by atoms with Crippen LogP contribution in [0.3, 0.4) is 0 Å². The molecule has 0 radical (unpaired) electrons. The van der Waals surface area contributed by atoms with Crippen LogP contribution in [0.4, 0.5) is 0 Å². The maximum Gasteiger partial charge on any atom is 0.347 e. The molecular formula is C14H14O5. The molecule has 1 aromatic carbocycles. The smallest absolute Gasteiger partial charge is 0.347 e. The van der Waals surface area contributed by atoms with E-state index in [1.54, 1.807) is 37.3 Å². The lowest BCUT2D eigenvalue weighted by molar-refractivity contribution is -0.181. The third-order valence-electron chi connectivity index (χ3n) is 2.86. The second kappa shape index (κ2) is 5.24. The van der Waals surface area contributed by atoms with Crippen molar-refractivity contribution in [1.29, 1.82) is 0 Å². The minimum absolute atomic E-state index is 0.123. The summed E-state index contributed by atoms with van der Waals surface area (Å²) in [4.78, 5) is 23.2. The van der Waals surface area contributed by atoms with Crippen LogP contribution < -0.4 is 0 Å². The van der Waals surface area contributed by atoms with Crippen LogP contribution in [-0.2, 0) is 24.7 Å². The van der Waals surface area contributed by atoms with Gasteiger partial charge in [0.15, 0.2) is 6.10 Å². The Morgan fingerprint density at radius 2 is 2.11 bits per heavy atom. The summed E-state index contributed by atoms with van der Waals surface area (Å²) in [5.41, 5.74) is -1.71. The second-order valence-electron chi connectivity index (χ2n) is 4.07. The molecule has 19 heavy (non-hydrogen) atoms. The molecule has 2 atom stereocenters. The van der Waals surface area contributed by atoms with Crippen molar-refractivity contribution in [3.05, 3.63) is 48.0 Å². The maximum absolute atomic E-state index is 12.1. The molecule has 100 valence electrons. The van der Waals surface area contributed by atoms with Gasteiger partial charge in [-0.2, -0.15) is 0 Å². The minimum atomic E-state index is -2.03. The fraction of sp³-hybridized carbons (Fsp3) is 0.286. The zero-order valence-corrected chi connectivity index (χ0v) is 10.4. The van der Waals surface area contributed by atoms with Crippen LogP contribution >= 0.6 is 0 Å². The number of aliphatic hydroxyl groups is 1. The molecule has 0 saturated carbocycles. The summed E-state index contributed by atoms with van der Waals surface area (Å²) < 4.78 is 9.84. The van der Waals surface area contributed by atoms with Crippen LogP contribution in [0.2, 0.25) is 0 Å². The first kappa shape index (κ1) is 13.3. The second-order valence-corrected chi connectivity index (χ2v) is 4.07. The number of carbonyl (C=O) groups is 2. The van der Waals surface area contributed by atoms with Crippen LogP contribution in [0.15, 0.2) is 42.5 Å². The summed E-state index contributed by atoms with van der Waals surface area (Å²) in [5, 5.41) is 10.7. The van der Waals surface area contributed by atoms with E-state index in [-0.39, 0.29) is 6.61 Å². The van der Waals surface area contributed by atoms with Crippen LogP contribution in [0, 0.1) is 0 Å². The Hall–Kier alpha value is -2.14. The molecule has 2 rings (SSSR count). The number of carbonyl (C=O) groups excluding carboxylic acids is 2. The van der Waals surface area contributed by atoms with Gasteiger partial charge in [0, 0.05) is 6.08 Å². The molecule has 5 nitrogen and oxygen atoms in total. The van der Waals surface area contributed by atoms with Gasteiger partial charge in [-0.1, -0.05) is 30.3 Å². The van der Waals surface area contributed by atoms with E-state index in [0.29, 0.717) is 5.56 Å². The van der Waals surface area contributed by atoms with E-state index >= 15 is 0 Å². The molecule has 5 heteroatoms. The van der Waals surface area contributed by atoms with Crippen molar-refractivity contribution in [2.75, 3.05) is 6.61 Å². The number of rotatable bonds is 4. The lowest BCUT2D eigenvalue weighted by atomic mass is 9.88. The van der Waals surface area contributed by atoms with Gasteiger partial charge in [-0.05, 0) is 18.6 Å². The van der Waals surface area contributed by atoms with Crippen molar-refractivity contribution in [2.24, 2.45) is 0 Å². The van der Waals surface area contributed by atoms with E-state index in [4.69, 9.17) is 9.47 Å². The predicted octanol–water partition coefficient (Wildman–Crippen LogP) is 0.919. The number of benzene rings is 1. The quantitative estimate of drug-likeness (QED) is 0.817. The molecule has 1 aromatic rings. The van der Waals surface area contributed by atoms with Crippen LogP contribution in [-0.4, -0.2) is 29.8 Å². The number of hydrogen-bond donors (Lipinski definition) is 1. The topological polar surface area (TPSA) is 72.8 Å². The van der Waals surface area contributed by atoms with Crippen molar-refractivity contribution in [1.82, 2.24) is 0 Å². The Labute approximate surface area is 110 Å². The molecule has 0 aliphatic carbocycles. The van der Waals surface area contributed by atoms with Crippen LogP contribution in [0.5, 0.6) is 0 Å². The minimum Gasteiger partial charge on any atom is -0.463 e. The SMILES string of the molecule is CCOC(=O)[C@](O)(c1ccccc1)[C@H]1C=CC(=O)O1. The fourth-order valence-corrected chi connectivity index (χ4v) is 1.93. The normalized spacial score (nSPS) is 20.7. The van der Waals surface area contributed by atoms with Gasteiger partial charge in [0.1, 0.15) is 0 Å². The summed E-state index contributed by atoms with van der Waals surface area (Å²) in [6.45, 7) is 1.76. The average Bonchev–Trinajstić information content (AvgIpc) is 2.86. The zero-order valence-electron chi connectivity index (χ0n) is 10.4. The Bertz CT molecular complexity index is 508. The highest BCUT2D eigenvalue weighted by molar-refractivity contribution is 5.88. The summed E-state index contributed by atoms with van der Waals surface area (Å²) in [5.74, 6) is -1.44. The molecule has 0 aromatic heterocycles. The highest BCUT2D eigenvalue weighted by atomic mass is 16.6. The summed E-state index contributed by atoms with van der Waals surface area (Å²) >= 11 is 0. The van der Waals surface area contributed by atoms with E-state index in [1.165, 1.54) is 12.2 Å². The van der Waals surface area contributed by atoms with Gasteiger partial charge in [0.05, 0.1) is 6.61 Å². The predicted molar refractivity (Wildman–Crippen MR) is 66.0 cm³/mol. The van der Waals surface area contributed by atoms with Gasteiger partial charge in [0.2, 0.25) is 5.60 Å². The molecule has 0 amide bonds. The van der Waals surface area contributed by atoms with Gasteiger partial charge < -0.3 is 14.6 Å². The molecular weight excluding hydrogens is 248 g/mol. The van der Waals surface area contributed by atoms with E-state index in [0.717, 1.165) is 0 Å². The first-order valence-corrected chi connectivity index (χ1v) is 5.93. The number of hydrogen-bond acceptors (Lipinski definition) is 5. The third kappa shape index (κ3) is 2.37. The Morgan fingerprint density at radius 3 is 2.63 bits per heavy atom.